The van der Waals surface area contributed by atoms with Gasteiger partial charge in [0.15, 0.2) is 0 Å². The monoisotopic (exact) mass is 266 g/mol. The topological polar surface area (TPSA) is 119 Å². The number of hydrogen-bond acceptors (Lipinski definition) is 7. The van der Waals surface area contributed by atoms with Crippen LogP contribution in [0.2, 0.25) is 0 Å². The van der Waals surface area contributed by atoms with Gasteiger partial charge < -0.3 is 20.9 Å². The lowest BCUT2D eigenvalue weighted by molar-refractivity contribution is -0.161. The summed E-state index contributed by atoms with van der Waals surface area (Å²) in [6, 6.07) is -1.92. The van der Waals surface area contributed by atoms with Crippen LogP contribution in [-0.2, 0) is 14.3 Å². The van der Waals surface area contributed by atoms with Gasteiger partial charge in [-0.2, -0.15) is 0 Å². The fraction of sp³-hybridized carbons (Fsp3) is 0.571. The van der Waals surface area contributed by atoms with Crippen LogP contribution in [0.3, 0.4) is 0 Å². The molecule has 16 heavy (non-hydrogen) atoms. The van der Waals surface area contributed by atoms with E-state index < -0.39 is 30.1 Å². The van der Waals surface area contributed by atoms with E-state index in [2.05, 4.69) is 4.74 Å². The minimum atomic E-state index is -1.34. The summed E-state index contributed by atoms with van der Waals surface area (Å²) < 4.78 is 4.44. The summed E-state index contributed by atoms with van der Waals surface area (Å²) in [4.78, 5) is 33.0. The first-order valence-corrected chi connectivity index (χ1v) is 6.74. The van der Waals surface area contributed by atoms with Gasteiger partial charge in [0, 0.05) is 11.5 Å². The summed E-state index contributed by atoms with van der Waals surface area (Å²) in [6.45, 7) is 0. The molecule has 0 aromatic carbocycles. The Balaban J connectivity index is 2.68. The molecule has 1 rings (SSSR count). The summed E-state index contributed by atoms with van der Waals surface area (Å²) in [5.41, 5.74) is 5.43. The zero-order chi connectivity index (χ0) is 12.1. The third kappa shape index (κ3) is 3.91. The van der Waals surface area contributed by atoms with Crippen LogP contribution in [0, 0.1) is 0 Å². The number of nitrogens with one attached hydrogen (secondary N) is 1. The highest BCUT2D eigenvalue weighted by atomic mass is 33.1. The van der Waals surface area contributed by atoms with Crippen molar-refractivity contribution in [2.75, 3.05) is 11.5 Å². The van der Waals surface area contributed by atoms with E-state index in [1.165, 1.54) is 21.6 Å². The predicted octanol–water partition coefficient (Wildman–Crippen LogP) is -0.585. The highest BCUT2D eigenvalue weighted by molar-refractivity contribution is 8.76. The Labute approximate surface area is 98.9 Å². The molecule has 0 saturated carbocycles. The number of cyclic esters (lactones) is 2. The normalized spacial score (nSPS) is 27.3. The van der Waals surface area contributed by atoms with E-state index in [1.54, 1.807) is 0 Å². The number of esters is 2. The molecule has 1 heterocycles. The van der Waals surface area contributed by atoms with Crippen LogP contribution in [0.25, 0.3) is 0 Å². The first-order chi connectivity index (χ1) is 7.50. The van der Waals surface area contributed by atoms with E-state index in [-0.39, 0.29) is 5.75 Å². The lowest BCUT2D eigenvalue weighted by Gasteiger charge is -2.12. The molecular weight excluding hydrogens is 256 g/mol. The van der Waals surface area contributed by atoms with Gasteiger partial charge in [-0.15, -0.1) is 0 Å². The van der Waals surface area contributed by atoms with E-state index in [9.17, 15) is 14.4 Å². The van der Waals surface area contributed by atoms with Crippen LogP contribution in [0.15, 0.2) is 0 Å². The van der Waals surface area contributed by atoms with Crippen molar-refractivity contribution < 1.29 is 24.2 Å². The van der Waals surface area contributed by atoms with Crippen molar-refractivity contribution in [2.45, 2.75) is 12.1 Å². The molecule has 1 aliphatic rings. The molecule has 2 atom stereocenters. The maximum atomic E-state index is 11.4. The number of carboxylic acid groups (broad SMARTS) is 1. The van der Waals surface area contributed by atoms with Crippen molar-refractivity contribution in [1.29, 1.82) is 0 Å². The minimum Gasteiger partial charge on any atom is -0.465 e. The molecular formula is C7H10N2O5S2. The fourth-order valence-electron chi connectivity index (χ4n) is 0.869. The molecule has 90 valence electrons. The Bertz CT molecular complexity index is 311. The van der Waals surface area contributed by atoms with Crippen molar-refractivity contribution in [3.63, 3.8) is 0 Å². The van der Waals surface area contributed by atoms with Crippen LogP contribution in [-0.4, -0.2) is 46.7 Å². The van der Waals surface area contributed by atoms with Crippen molar-refractivity contribution in [3.05, 3.63) is 0 Å². The van der Waals surface area contributed by atoms with Crippen molar-refractivity contribution in [3.8, 4) is 0 Å². The van der Waals surface area contributed by atoms with E-state index in [1.807, 2.05) is 5.32 Å². The summed E-state index contributed by atoms with van der Waals surface area (Å²) in [5, 5.41) is 10.5. The maximum Gasteiger partial charge on any atom is 0.405 e. The molecule has 9 heteroatoms. The molecule has 0 aromatic rings. The average molecular weight is 266 g/mol. The Morgan fingerprint density at radius 1 is 1.38 bits per heavy atom. The summed E-state index contributed by atoms with van der Waals surface area (Å²) in [7, 11) is 2.55. The molecule has 0 spiro atoms. The summed E-state index contributed by atoms with van der Waals surface area (Å²) >= 11 is 0. The molecule has 7 nitrogen and oxygen atoms in total. The second kappa shape index (κ2) is 5.97. The Kier molecular flexibility index (Phi) is 4.90. The molecule has 1 amide bonds. The van der Waals surface area contributed by atoms with Gasteiger partial charge in [0.2, 0.25) is 0 Å². The molecule has 1 fully saturated rings. The van der Waals surface area contributed by atoms with Crippen molar-refractivity contribution in [1.82, 2.24) is 5.32 Å². The van der Waals surface area contributed by atoms with Crippen molar-refractivity contribution in [2.24, 2.45) is 5.73 Å². The standard InChI is InChI=1S/C7H10N2O5S2/c8-3-1-15-16-2-4(9-7(12)13)6(11)14-5(3)10/h3-4,9H,1-2,8H2,(H,12,13)/t3-,4-/m0/s1. The molecule has 0 aromatic heterocycles. The third-order valence-electron chi connectivity index (χ3n) is 1.65. The molecule has 0 aliphatic carbocycles. The third-order valence-corrected chi connectivity index (χ3v) is 4.10. The van der Waals surface area contributed by atoms with Gasteiger partial charge in [-0.3, -0.25) is 0 Å². The van der Waals surface area contributed by atoms with E-state index >= 15 is 0 Å². The smallest absolute Gasteiger partial charge is 0.405 e. The zero-order valence-corrected chi connectivity index (χ0v) is 9.68. The van der Waals surface area contributed by atoms with Crippen LogP contribution in [0.4, 0.5) is 4.79 Å². The number of carbonyl (C=O) groups excluding carboxylic acids is 2. The van der Waals surface area contributed by atoms with Gasteiger partial charge >= 0.3 is 18.0 Å². The Hall–Kier alpha value is -0.930. The first kappa shape index (κ1) is 13.1. The van der Waals surface area contributed by atoms with Gasteiger partial charge in [0.1, 0.15) is 12.1 Å². The minimum absolute atomic E-state index is 0.190. The van der Waals surface area contributed by atoms with E-state index in [4.69, 9.17) is 10.8 Å². The van der Waals surface area contributed by atoms with E-state index in [0.717, 1.165) is 0 Å². The largest absolute Gasteiger partial charge is 0.465 e. The quantitative estimate of drug-likeness (QED) is 0.327. The molecule has 0 unspecified atom stereocenters. The zero-order valence-electron chi connectivity index (χ0n) is 8.04. The lowest BCUT2D eigenvalue weighted by atomic mass is 10.3. The van der Waals surface area contributed by atoms with Crippen LogP contribution >= 0.6 is 21.6 Å². The second-order valence-electron chi connectivity index (χ2n) is 2.92. The van der Waals surface area contributed by atoms with Crippen LogP contribution in [0.5, 0.6) is 0 Å². The van der Waals surface area contributed by atoms with Gasteiger partial charge in [0.05, 0.1) is 0 Å². The highest BCUT2D eigenvalue weighted by Gasteiger charge is 2.29. The number of rotatable bonds is 1. The number of carbonyl (C=O) groups is 3. The van der Waals surface area contributed by atoms with Gasteiger partial charge in [-0.25, -0.2) is 14.4 Å². The average Bonchev–Trinajstić information content (AvgIpc) is 2.24. The van der Waals surface area contributed by atoms with Gasteiger partial charge in [-0.1, -0.05) is 21.6 Å². The SMILES string of the molecule is N[C@H]1CSSC[C@H](NC(=O)O)C(=O)OC1=O. The van der Waals surface area contributed by atoms with Crippen molar-refractivity contribution >= 4 is 39.6 Å². The molecule has 0 radical (unpaired) electrons. The summed E-state index contributed by atoms with van der Waals surface area (Å²) in [6.07, 6.45) is -1.34. The Morgan fingerprint density at radius 2 is 2.00 bits per heavy atom. The number of hydrogen-bond donors (Lipinski definition) is 3. The maximum absolute atomic E-state index is 11.4. The number of nitrogens with two attached hydrogens (primary N) is 1. The molecule has 1 saturated heterocycles. The van der Waals surface area contributed by atoms with Crippen LogP contribution in [0.1, 0.15) is 0 Å². The second-order valence-corrected chi connectivity index (χ2v) is 5.47. The molecule has 4 N–H and O–H groups in total. The molecule has 0 bridgehead atoms. The fourth-order valence-corrected chi connectivity index (χ4v) is 3.13. The van der Waals surface area contributed by atoms with E-state index in [0.29, 0.717) is 5.75 Å². The summed E-state index contributed by atoms with van der Waals surface area (Å²) in [5.74, 6) is -1.25. The first-order valence-electron chi connectivity index (χ1n) is 4.25. The number of ether oxygens (including phenoxy) is 1. The predicted molar refractivity (Wildman–Crippen MR) is 58.9 cm³/mol. The molecule has 1 aliphatic heterocycles. The van der Waals surface area contributed by atoms with Gasteiger partial charge in [-0.05, 0) is 0 Å². The highest BCUT2D eigenvalue weighted by Crippen LogP contribution is 2.24. The number of amides is 1. The van der Waals surface area contributed by atoms with Crippen LogP contribution < -0.4 is 11.1 Å². The lowest BCUT2D eigenvalue weighted by Crippen LogP contribution is -2.45. The Morgan fingerprint density at radius 3 is 2.62 bits per heavy atom. The van der Waals surface area contributed by atoms with Gasteiger partial charge in [0.25, 0.3) is 0 Å².